The first-order chi connectivity index (χ1) is 6.76. The first kappa shape index (κ1) is 12.0. The Hall–Kier alpha value is -0.120. The summed E-state index contributed by atoms with van der Waals surface area (Å²) >= 11 is 0. The van der Waals surface area contributed by atoms with Gasteiger partial charge in [0.2, 0.25) is 0 Å². The minimum atomic E-state index is 0.371. The summed E-state index contributed by atoms with van der Waals surface area (Å²) in [5.74, 6) is 0. The number of piperazine rings is 1. The molecule has 1 aliphatic rings. The van der Waals surface area contributed by atoms with E-state index in [1.165, 1.54) is 13.0 Å². The Balaban J connectivity index is 2.22. The molecule has 1 heterocycles. The van der Waals surface area contributed by atoms with Gasteiger partial charge in [0, 0.05) is 38.8 Å². The second kappa shape index (κ2) is 6.38. The first-order valence-corrected chi connectivity index (χ1v) is 5.83. The summed E-state index contributed by atoms with van der Waals surface area (Å²) in [7, 11) is 0. The quantitative estimate of drug-likeness (QED) is 0.719. The van der Waals surface area contributed by atoms with Gasteiger partial charge in [-0.05, 0) is 20.3 Å². The van der Waals surface area contributed by atoms with E-state index in [1.54, 1.807) is 0 Å². The van der Waals surface area contributed by atoms with Gasteiger partial charge in [0.15, 0.2) is 0 Å². The summed E-state index contributed by atoms with van der Waals surface area (Å²) < 4.78 is 5.55. The van der Waals surface area contributed by atoms with Crippen LogP contribution in [0.1, 0.15) is 27.2 Å². The Labute approximate surface area is 87.8 Å². The Bertz CT molecular complexity index is 152. The van der Waals surface area contributed by atoms with E-state index < -0.39 is 0 Å². The van der Waals surface area contributed by atoms with Crippen molar-refractivity contribution >= 4 is 0 Å². The number of ether oxygens (including phenoxy) is 1. The van der Waals surface area contributed by atoms with Gasteiger partial charge in [-0.25, -0.2) is 0 Å². The molecule has 2 unspecified atom stereocenters. The lowest BCUT2D eigenvalue weighted by Crippen LogP contribution is -2.52. The van der Waals surface area contributed by atoms with E-state index in [-0.39, 0.29) is 0 Å². The SMILES string of the molecule is CCOC(C)CN1CCNC(CC)C1. The average Bonchev–Trinajstić information content (AvgIpc) is 2.18. The van der Waals surface area contributed by atoms with Crippen LogP contribution in [0.3, 0.4) is 0 Å². The van der Waals surface area contributed by atoms with Crippen LogP contribution in [0.4, 0.5) is 0 Å². The number of rotatable bonds is 5. The summed E-state index contributed by atoms with van der Waals surface area (Å²) in [4.78, 5) is 2.50. The number of nitrogens with one attached hydrogen (secondary N) is 1. The van der Waals surface area contributed by atoms with Crippen LogP contribution in [-0.4, -0.2) is 49.8 Å². The van der Waals surface area contributed by atoms with Gasteiger partial charge >= 0.3 is 0 Å². The molecule has 0 aromatic heterocycles. The van der Waals surface area contributed by atoms with Crippen molar-refractivity contribution in [3.8, 4) is 0 Å². The normalized spacial score (nSPS) is 26.4. The second-order valence-corrected chi connectivity index (χ2v) is 4.08. The van der Waals surface area contributed by atoms with Crippen LogP contribution >= 0.6 is 0 Å². The fourth-order valence-electron chi connectivity index (χ4n) is 2.03. The average molecular weight is 200 g/mol. The molecule has 84 valence electrons. The highest BCUT2D eigenvalue weighted by Gasteiger charge is 2.18. The van der Waals surface area contributed by atoms with Crippen LogP contribution < -0.4 is 5.32 Å². The van der Waals surface area contributed by atoms with E-state index in [4.69, 9.17) is 4.74 Å². The molecule has 1 aliphatic heterocycles. The molecular weight excluding hydrogens is 176 g/mol. The van der Waals surface area contributed by atoms with Gasteiger partial charge < -0.3 is 10.1 Å². The Morgan fingerprint density at radius 1 is 1.50 bits per heavy atom. The van der Waals surface area contributed by atoms with Crippen LogP contribution in [0, 0.1) is 0 Å². The number of nitrogens with zero attached hydrogens (tertiary/aromatic N) is 1. The third kappa shape index (κ3) is 3.95. The maximum atomic E-state index is 5.55. The monoisotopic (exact) mass is 200 g/mol. The van der Waals surface area contributed by atoms with Gasteiger partial charge in [-0.1, -0.05) is 6.92 Å². The van der Waals surface area contributed by atoms with Gasteiger partial charge in [0.05, 0.1) is 6.10 Å². The molecule has 0 saturated carbocycles. The largest absolute Gasteiger partial charge is 0.377 e. The third-order valence-corrected chi connectivity index (χ3v) is 2.80. The predicted octanol–water partition coefficient (Wildman–Crippen LogP) is 1.10. The summed E-state index contributed by atoms with van der Waals surface area (Å²) in [5, 5.41) is 3.52. The van der Waals surface area contributed by atoms with Crippen LogP contribution in [-0.2, 0) is 4.74 Å². The molecule has 3 nitrogen and oxygen atoms in total. The lowest BCUT2D eigenvalue weighted by atomic mass is 10.1. The van der Waals surface area contributed by atoms with Gasteiger partial charge in [0.25, 0.3) is 0 Å². The molecule has 0 aliphatic carbocycles. The van der Waals surface area contributed by atoms with E-state index in [2.05, 4.69) is 31.0 Å². The van der Waals surface area contributed by atoms with Crippen molar-refractivity contribution in [2.75, 3.05) is 32.8 Å². The van der Waals surface area contributed by atoms with E-state index in [0.29, 0.717) is 12.1 Å². The van der Waals surface area contributed by atoms with Gasteiger partial charge in [-0.3, -0.25) is 4.90 Å². The van der Waals surface area contributed by atoms with Gasteiger partial charge in [0.1, 0.15) is 0 Å². The molecule has 0 aromatic rings. The molecule has 1 fully saturated rings. The Morgan fingerprint density at radius 3 is 2.93 bits per heavy atom. The molecule has 1 rings (SSSR count). The fraction of sp³-hybridized carbons (Fsp3) is 1.00. The molecule has 2 atom stereocenters. The fourth-order valence-corrected chi connectivity index (χ4v) is 2.03. The lowest BCUT2D eigenvalue weighted by molar-refractivity contribution is 0.0377. The second-order valence-electron chi connectivity index (χ2n) is 4.08. The molecule has 1 N–H and O–H groups in total. The number of hydrogen-bond donors (Lipinski definition) is 1. The van der Waals surface area contributed by atoms with Gasteiger partial charge in [-0.15, -0.1) is 0 Å². The van der Waals surface area contributed by atoms with Crippen molar-refractivity contribution in [3.05, 3.63) is 0 Å². The number of hydrogen-bond acceptors (Lipinski definition) is 3. The summed E-state index contributed by atoms with van der Waals surface area (Å²) in [6, 6.07) is 0.678. The van der Waals surface area contributed by atoms with E-state index >= 15 is 0 Å². The van der Waals surface area contributed by atoms with Crippen LogP contribution in [0.25, 0.3) is 0 Å². The van der Waals surface area contributed by atoms with E-state index in [0.717, 1.165) is 26.2 Å². The van der Waals surface area contributed by atoms with Crippen molar-refractivity contribution in [2.24, 2.45) is 0 Å². The van der Waals surface area contributed by atoms with Crippen molar-refractivity contribution in [1.82, 2.24) is 10.2 Å². The van der Waals surface area contributed by atoms with Crippen LogP contribution in [0.5, 0.6) is 0 Å². The van der Waals surface area contributed by atoms with Crippen molar-refractivity contribution in [3.63, 3.8) is 0 Å². The van der Waals surface area contributed by atoms with Crippen molar-refractivity contribution in [1.29, 1.82) is 0 Å². The van der Waals surface area contributed by atoms with Crippen molar-refractivity contribution < 1.29 is 4.74 Å². The molecule has 0 radical (unpaired) electrons. The van der Waals surface area contributed by atoms with Gasteiger partial charge in [-0.2, -0.15) is 0 Å². The molecular formula is C11H24N2O. The molecule has 0 spiro atoms. The summed E-state index contributed by atoms with van der Waals surface area (Å²) in [5.41, 5.74) is 0. The highest BCUT2D eigenvalue weighted by molar-refractivity contribution is 4.78. The Morgan fingerprint density at radius 2 is 2.29 bits per heavy atom. The minimum Gasteiger partial charge on any atom is -0.377 e. The predicted molar refractivity (Wildman–Crippen MR) is 59.6 cm³/mol. The highest BCUT2D eigenvalue weighted by Crippen LogP contribution is 2.04. The topological polar surface area (TPSA) is 24.5 Å². The zero-order valence-electron chi connectivity index (χ0n) is 9.75. The van der Waals surface area contributed by atoms with Crippen LogP contribution in [0.15, 0.2) is 0 Å². The lowest BCUT2D eigenvalue weighted by Gasteiger charge is -2.34. The molecule has 14 heavy (non-hydrogen) atoms. The highest BCUT2D eigenvalue weighted by atomic mass is 16.5. The minimum absolute atomic E-state index is 0.371. The molecule has 0 bridgehead atoms. The maximum Gasteiger partial charge on any atom is 0.0673 e. The Kier molecular flexibility index (Phi) is 5.45. The third-order valence-electron chi connectivity index (χ3n) is 2.80. The molecule has 3 heteroatoms. The zero-order valence-corrected chi connectivity index (χ0v) is 9.75. The standard InChI is InChI=1S/C11H24N2O/c1-4-11-9-13(7-6-12-11)8-10(3)14-5-2/h10-12H,4-9H2,1-3H3. The van der Waals surface area contributed by atoms with Crippen LogP contribution in [0.2, 0.25) is 0 Å². The summed E-state index contributed by atoms with van der Waals surface area (Å²) in [6.07, 6.45) is 1.59. The molecule has 0 aromatic carbocycles. The smallest absolute Gasteiger partial charge is 0.0673 e. The zero-order chi connectivity index (χ0) is 10.4. The molecule has 0 amide bonds. The maximum absolute atomic E-state index is 5.55. The van der Waals surface area contributed by atoms with E-state index in [9.17, 15) is 0 Å². The first-order valence-electron chi connectivity index (χ1n) is 5.83. The van der Waals surface area contributed by atoms with E-state index in [1.807, 2.05) is 0 Å². The molecule has 1 saturated heterocycles. The summed E-state index contributed by atoms with van der Waals surface area (Å²) in [6.45, 7) is 11.8. The van der Waals surface area contributed by atoms with Crippen molar-refractivity contribution in [2.45, 2.75) is 39.3 Å².